The fraction of sp³-hybridized carbons (Fsp3) is 0.500. The second kappa shape index (κ2) is 6.89. The van der Waals surface area contributed by atoms with Gasteiger partial charge in [0.2, 0.25) is 0 Å². The van der Waals surface area contributed by atoms with Gasteiger partial charge in [0.05, 0.1) is 24.5 Å². The maximum absolute atomic E-state index is 11.8. The summed E-state index contributed by atoms with van der Waals surface area (Å²) in [5.74, 6) is 0.541. The fourth-order valence-corrected chi connectivity index (χ4v) is 1.38. The number of para-hydroxylation sites is 1. The Bertz CT molecular complexity index is 402. The largest absolute Gasteiger partial charge is 0.491 e. The predicted octanol–water partition coefficient (Wildman–Crippen LogP) is 2.87. The Morgan fingerprint density at radius 3 is 2.72 bits per heavy atom. The van der Waals surface area contributed by atoms with Crippen LogP contribution in [0, 0.1) is 5.92 Å². The number of carbonyl (C=O) groups is 1. The predicted molar refractivity (Wildman–Crippen MR) is 71.8 cm³/mol. The van der Waals surface area contributed by atoms with E-state index in [4.69, 9.17) is 15.2 Å². The molecule has 0 saturated heterocycles. The lowest BCUT2D eigenvalue weighted by Gasteiger charge is -2.13. The molecule has 4 nitrogen and oxygen atoms in total. The van der Waals surface area contributed by atoms with Gasteiger partial charge in [-0.05, 0) is 24.5 Å². The summed E-state index contributed by atoms with van der Waals surface area (Å²) in [4.78, 5) is 11.8. The van der Waals surface area contributed by atoms with Crippen LogP contribution in [-0.2, 0) is 4.74 Å². The van der Waals surface area contributed by atoms with Gasteiger partial charge >= 0.3 is 5.97 Å². The average Bonchev–Trinajstić information content (AvgIpc) is 2.34. The van der Waals surface area contributed by atoms with E-state index in [0.717, 1.165) is 6.42 Å². The molecule has 4 heteroatoms. The standard InChI is InChI=1S/C14H21NO3/c1-4-8-17-14(16)11-6-5-7-12(13(11)15)18-9-10(2)3/h5-7,10H,4,8-9,15H2,1-3H3. The molecule has 0 unspecified atom stereocenters. The Morgan fingerprint density at radius 2 is 2.11 bits per heavy atom. The van der Waals surface area contributed by atoms with Gasteiger partial charge < -0.3 is 15.2 Å². The van der Waals surface area contributed by atoms with Crippen molar-refractivity contribution < 1.29 is 14.3 Å². The third-order valence-electron chi connectivity index (χ3n) is 2.30. The van der Waals surface area contributed by atoms with E-state index in [0.29, 0.717) is 36.1 Å². The summed E-state index contributed by atoms with van der Waals surface area (Å²) >= 11 is 0. The zero-order valence-corrected chi connectivity index (χ0v) is 11.2. The van der Waals surface area contributed by atoms with Crippen molar-refractivity contribution in [3.8, 4) is 5.75 Å². The minimum atomic E-state index is -0.399. The van der Waals surface area contributed by atoms with E-state index in [-0.39, 0.29) is 0 Å². The number of rotatable bonds is 6. The summed E-state index contributed by atoms with van der Waals surface area (Å²) in [6.07, 6.45) is 0.787. The highest BCUT2D eigenvalue weighted by Gasteiger charge is 2.14. The second-order valence-corrected chi connectivity index (χ2v) is 4.56. The first-order chi connectivity index (χ1) is 8.56. The summed E-state index contributed by atoms with van der Waals surface area (Å²) in [7, 11) is 0. The lowest BCUT2D eigenvalue weighted by molar-refractivity contribution is 0.0506. The normalized spacial score (nSPS) is 10.4. The summed E-state index contributed by atoms with van der Waals surface area (Å²) in [5.41, 5.74) is 6.63. The van der Waals surface area contributed by atoms with Crippen LogP contribution in [-0.4, -0.2) is 19.2 Å². The number of esters is 1. The van der Waals surface area contributed by atoms with Crippen molar-refractivity contribution in [3.63, 3.8) is 0 Å². The van der Waals surface area contributed by atoms with E-state index < -0.39 is 5.97 Å². The van der Waals surface area contributed by atoms with Crippen LogP contribution < -0.4 is 10.5 Å². The van der Waals surface area contributed by atoms with Gasteiger partial charge in [-0.2, -0.15) is 0 Å². The first kappa shape index (κ1) is 14.4. The van der Waals surface area contributed by atoms with Crippen molar-refractivity contribution in [1.82, 2.24) is 0 Å². The topological polar surface area (TPSA) is 61.5 Å². The molecule has 18 heavy (non-hydrogen) atoms. The highest BCUT2D eigenvalue weighted by atomic mass is 16.5. The molecule has 1 aromatic rings. The molecule has 0 bridgehead atoms. The summed E-state index contributed by atoms with van der Waals surface area (Å²) in [6, 6.07) is 5.15. The molecule has 0 aromatic heterocycles. The quantitative estimate of drug-likeness (QED) is 0.623. The van der Waals surface area contributed by atoms with Crippen molar-refractivity contribution in [2.24, 2.45) is 5.92 Å². The van der Waals surface area contributed by atoms with Crippen LogP contribution >= 0.6 is 0 Å². The third-order valence-corrected chi connectivity index (χ3v) is 2.30. The number of hydrogen-bond acceptors (Lipinski definition) is 4. The zero-order valence-electron chi connectivity index (χ0n) is 11.2. The van der Waals surface area contributed by atoms with Gasteiger partial charge in [-0.3, -0.25) is 0 Å². The van der Waals surface area contributed by atoms with Crippen LogP contribution in [0.2, 0.25) is 0 Å². The van der Waals surface area contributed by atoms with Gasteiger partial charge in [0.15, 0.2) is 0 Å². The number of carbonyl (C=O) groups excluding carboxylic acids is 1. The number of nitrogens with two attached hydrogens (primary N) is 1. The molecule has 0 radical (unpaired) electrons. The Kier molecular flexibility index (Phi) is 5.49. The highest BCUT2D eigenvalue weighted by molar-refractivity contribution is 5.96. The van der Waals surface area contributed by atoms with Crippen molar-refractivity contribution >= 4 is 11.7 Å². The number of nitrogen functional groups attached to an aromatic ring is 1. The number of hydrogen-bond donors (Lipinski definition) is 1. The van der Waals surface area contributed by atoms with Crippen LogP contribution in [0.5, 0.6) is 5.75 Å². The van der Waals surface area contributed by atoms with Gasteiger partial charge in [0.1, 0.15) is 5.75 Å². The molecular formula is C14H21NO3. The molecule has 0 atom stereocenters. The Morgan fingerprint density at radius 1 is 1.39 bits per heavy atom. The van der Waals surface area contributed by atoms with E-state index in [1.807, 2.05) is 6.92 Å². The van der Waals surface area contributed by atoms with Gasteiger partial charge in [-0.15, -0.1) is 0 Å². The fourth-order valence-electron chi connectivity index (χ4n) is 1.38. The third kappa shape index (κ3) is 3.95. The Hall–Kier alpha value is -1.71. The molecule has 2 N–H and O–H groups in total. The first-order valence-electron chi connectivity index (χ1n) is 6.24. The smallest absolute Gasteiger partial charge is 0.340 e. The van der Waals surface area contributed by atoms with Crippen LogP contribution in [0.4, 0.5) is 5.69 Å². The monoisotopic (exact) mass is 251 g/mol. The molecule has 1 aromatic carbocycles. The second-order valence-electron chi connectivity index (χ2n) is 4.56. The maximum atomic E-state index is 11.8. The zero-order chi connectivity index (χ0) is 13.5. The van der Waals surface area contributed by atoms with Gasteiger partial charge in [0, 0.05) is 0 Å². The molecule has 0 amide bonds. The highest BCUT2D eigenvalue weighted by Crippen LogP contribution is 2.26. The van der Waals surface area contributed by atoms with Crippen molar-refractivity contribution in [3.05, 3.63) is 23.8 Å². The van der Waals surface area contributed by atoms with E-state index in [9.17, 15) is 4.79 Å². The minimum absolute atomic E-state index is 0.347. The molecular weight excluding hydrogens is 230 g/mol. The summed E-state index contributed by atoms with van der Waals surface area (Å²) in [6.45, 7) is 7.01. The average molecular weight is 251 g/mol. The van der Waals surface area contributed by atoms with Gasteiger partial charge in [-0.25, -0.2) is 4.79 Å². The molecule has 0 heterocycles. The Labute approximate surface area is 108 Å². The number of ether oxygens (including phenoxy) is 2. The van der Waals surface area contributed by atoms with Gasteiger partial charge in [0.25, 0.3) is 0 Å². The molecule has 0 saturated carbocycles. The lowest BCUT2D eigenvalue weighted by atomic mass is 10.1. The maximum Gasteiger partial charge on any atom is 0.340 e. The minimum Gasteiger partial charge on any atom is -0.491 e. The Balaban J connectivity index is 2.80. The van der Waals surface area contributed by atoms with Crippen molar-refractivity contribution in [2.75, 3.05) is 18.9 Å². The van der Waals surface area contributed by atoms with Crippen LogP contribution in [0.25, 0.3) is 0 Å². The molecule has 0 aliphatic heterocycles. The molecule has 100 valence electrons. The van der Waals surface area contributed by atoms with Crippen LogP contribution in [0.3, 0.4) is 0 Å². The van der Waals surface area contributed by atoms with E-state index in [1.165, 1.54) is 0 Å². The van der Waals surface area contributed by atoms with Crippen molar-refractivity contribution in [1.29, 1.82) is 0 Å². The lowest BCUT2D eigenvalue weighted by Crippen LogP contribution is -2.11. The van der Waals surface area contributed by atoms with E-state index in [2.05, 4.69) is 13.8 Å². The summed E-state index contributed by atoms with van der Waals surface area (Å²) < 4.78 is 10.6. The molecule has 0 fully saturated rings. The van der Waals surface area contributed by atoms with E-state index >= 15 is 0 Å². The molecule has 0 spiro atoms. The van der Waals surface area contributed by atoms with Crippen LogP contribution in [0.1, 0.15) is 37.6 Å². The SMILES string of the molecule is CCCOC(=O)c1cccc(OCC(C)C)c1N. The molecule has 0 aliphatic rings. The first-order valence-corrected chi connectivity index (χ1v) is 6.24. The summed E-state index contributed by atoms with van der Waals surface area (Å²) in [5, 5.41) is 0. The number of benzene rings is 1. The van der Waals surface area contributed by atoms with E-state index in [1.54, 1.807) is 18.2 Å². The molecule has 0 aliphatic carbocycles. The van der Waals surface area contributed by atoms with Gasteiger partial charge in [-0.1, -0.05) is 26.8 Å². The number of anilines is 1. The van der Waals surface area contributed by atoms with Crippen molar-refractivity contribution in [2.45, 2.75) is 27.2 Å². The molecule has 1 rings (SSSR count). The van der Waals surface area contributed by atoms with Crippen LogP contribution in [0.15, 0.2) is 18.2 Å².